The van der Waals surface area contributed by atoms with Gasteiger partial charge in [-0.3, -0.25) is 4.90 Å². The van der Waals surface area contributed by atoms with Crippen LogP contribution in [0.25, 0.3) is 0 Å². The number of likely N-dealkylation sites (tertiary alicyclic amines) is 1. The Hall–Kier alpha value is -1.55. The Labute approximate surface area is 230 Å². The molecule has 2 N–H and O–H groups in total. The van der Waals surface area contributed by atoms with E-state index in [1.807, 2.05) is 18.2 Å². The Morgan fingerprint density at radius 3 is 2.54 bits per heavy atom. The van der Waals surface area contributed by atoms with Gasteiger partial charge in [0.25, 0.3) is 0 Å². The molecular weight excluding hydrogens is 498 g/mol. The average molecular weight is 542 g/mol. The molecule has 214 valence electrons. The van der Waals surface area contributed by atoms with Crippen LogP contribution < -0.4 is 0 Å². The zero-order valence-corrected chi connectivity index (χ0v) is 23.5. The van der Waals surface area contributed by atoms with E-state index in [1.165, 1.54) is 0 Å². The summed E-state index contributed by atoms with van der Waals surface area (Å²) in [4.78, 5) is 15.9. The molecule has 5 saturated carbocycles. The first-order chi connectivity index (χ1) is 18.8. The van der Waals surface area contributed by atoms with Crippen molar-refractivity contribution < 1.29 is 34.0 Å². The number of aliphatic hydroxyl groups is 2. The topological polar surface area (TPSA) is 97.7 Å². The summed E-state index contributed by atoms with van der Waals surface area (Å²) in [5.74, 6) is -0.869. The van der Waals surface area contributed by atoms with Gasteiger partial charge in [0.1, 0.15) is 6.10 Å². The molecule has 1 spiro atoms. The van der Waals surface area contributed by atoms with Crippen molar-refractivity contribution in [1.29, 1.82) is 0 Å². The van der Waals surface area contributed by atoms with Crippen molar-refractivity contribution in [3.63, 3.8) is 0 Å². The standard InChI is InChI=1S/C31H43NO7/c1-5-32-15-29(16-36-2)12-11-21(33)31-19-13-18-20(37-3)14-30(35,23(27(31)32)25(38-4)26(29)31)22(19)24(18)39-28(34)17-9-7-6-8-10-17/h6-10,18-27,33,35H,5,11-16H2,1-4H3/t18-,19-,20?,21?,22-,23?,24?,25?,26-,27?,29+,30-,31+/m1/s1. The highest BCUT2D eigenvalue weighted by Crippen LogP contribution is 2.79. The first kappa shape index (κ1) is 26.4. The zero-order chi connectivity index (χ0) is 27.3. The van der Waals surface area contributed by atoms with Crippen LogP contribution in [-0.4, -0.2) is 98.2 Å². The fourth-order valence-corrected chi connectivity index (χ4v) is 11.6. The Kier molecular flexibility index (Phi) is 6.06. The molecule has 1 aliphatic heterocycles. The third kappa shape index (κ3) is 3.08. The molecule has 0 amide bonds. The number of esters is 1. The molecule has 1 heterocycles. The number of piperidine rings is 1. The molecule has 1 aromatic carbocycles. The molecule has 8 heteroatoms. The molecule has 6 fully saturated rings. The van der Waals surface area contributed by atoms with E-state index in [0.717, 1.165) is 25.9 Å². The van der Waals surface area contributed by atoms with Gasteiger partial charge in [0, 0.05) is 74.8 Å². The molecule has 7 rings (SSSR count). The van der Waals surface area contributed by atoms with Gasteiger partial charge in [0.05, 0.1) is 36.1 Å². The van der Waals surface area contributed by atoms with Crippen molar-refractivity contribution in [2.24, 2.45) is 40.4 Å². The van der Waals surface area contributed by atoms with Gasteiger partial charge in [-0.1, -0.05) is 25.1 Å². The molecular formula is C31H43NO7. The summed E-state index contributed by atoms with van der Waals surface area (Å²) in [5, 5.41) is 25.2. The van der Waals surface area contributed by atoms with Crippen molar-refractivity contribution in [2.75, 3.05) is 41.0 Å². The van der Waals surface area contributed by atoms with E-state index in [-0.39, 0.29) is 59.2 Å². The lowest BCUT2D eigenvalue weighted by Gasteiger charge is -2.68. The van der Waals surface area contributed by atoms with Crippen LogP contribution in [0.2, 0.25) is 0 Å². The second kappa shape index (κ2) is 8.97. The summed E-state index contributed by atoms with van der Waals surface area (Å²) in [6.07, 6.45) is 1.36. The number of nitrogens with zero attached hydrogens (tertiary/aromatic N) is 1. The maximum atomic E-state index is 13.4. The molecule has 0 radical (unpaired) electrons. The van der Waals surface area contributed by atoms with Crippen molar-refractivity contribution in [1.82, 2.24) is 4.90 Å². The number of carbonyl (C=O) groups excluding carboxylic acids is 1. The number of carbonyl (C=O) groups is 1. The molecule has 1 saturated heterocycles. The van der Waals surface area contributed by atoms with Gasteiger partial charge in [0.2, 0.25) is 0 Å². The highest BCUT2D eigenvalue weighted by atomic mass is 16.6. The molecule has 5 aliphatic carbocycles. The molecule has 39 heavy (non-hydrogen) atoms. The van der Waals surface area contributed by atoms with Gasteiger partial charge in [-0.25, -0.2) is 4.79 Å². The summed E-state index contributed by atoms with van der Waals surface area (Å²) in [7, 11) is 5.24. The van der Waals surface area contributed by atoms with Crippen LogP contribution >= 0.6 is 0 Å². The normalized spacial score (nSPS) is 51.1. The Bertz CT molecular complexity index is 1120. The number of rotatable bonds is 7. The van der Waals surface area contributed by atoms with Crippen LogP contribution in [0.4, 0.5) is 0 Å². The van der Waals surface area contributed by atoms with E-state index >= 15 is 0 Å². The number of benzene rings is 1. The Balaban J connectivity index is 1.41. The summed E-state index contributed by atoms with van der Waals surface area (Å²) in [5.41, 5.74) is -1.28. The van der Waals surface area contributed by atoms with Crippen LogP contribution in [0.15, 0.2) is 30.3 Å². The third-order valence-electron chi connectivity index (χ3n) is 12.3. The van der Waals surface area contributed by atoms with Crippen molar-refractivity contribution in [3.8, 4) is 0 Å². The van der Waals surface area contributed by atoms with Gasteiger partial charge in [-0.15, -0.1) is 0 Å². The van der Waals surface area contributed by atoms with E-state index in [2.05, 4.69) is 11.8 Å². The van der Waals surface area contributed by atoms with Gasteiger partial charge in [-0.05, 0) is 43.9 Å². The van der Waals surface area contributed by atoms with Crippen LogP contribution in [0, 0.1) is 40.4 Å². The predicted octanol–water partition coefficient (Wildman–Crippen LogP) is 2.37. The Morgan fingerprint density at radius 2 is 1.87 bits per heavy atom. The lowest BCUT2D eigenvalue weighted by Crippen LogP contribution is -2.76. The molecule has 6 aliphatic rings. The number of ether oxygens (including phenoxy) is 4. The van der Waals surface area contributed by atoms with E-state index in [0.29, 0.717) is 25.0 Å². The van der Waals surface area contributed by atoms with Gasteiger partial charge in [-0.2, -0.15) is 0 Å². The lowest BCUT2D eigenvalue weighted by molar-refractivity contribution is -0.272. The zero-order valence-electron chi connectivity index (χ0n) is 23.5. The molecule has 8 nitrogen and oxygen atoms in total. The van der Waals surface area contributed by atoms with Crippen molar-refractivity contribution in [3.05, 3.63) is 35.9 Å². The van der Waals surface area contributed by atoms with Crippen LogP contribution in [0.3, 0.4) is 0 Å². The maximum Gasteiger partial charge on any atom is 0.338 e. The van der Waals surface area contributed by atoms with E-state index in [9.17, 15) is 15.0 Å². The summed E-state index contributed by atoms with van der Waals surface area (Å²) >= 11 is 0. The minimum atomic E-state index is -1.15. The van der Waals surface area contributed by atoms with Gasteiger partial charge >= 0.3 is 5.97 Å². The van der Waals surface area contributed by atoms with E-state index in [1.54, 1.807) is 33.5 Å². The fourth-order valence-electron chi connectivity index (χ4n) is 11.6. The summed E-state index contributed by atoms with van der Waals surface area (Å²) in [6.45, 7) is 4.51. The van der Waals surface area contributed by atoms with Crippen LogP contribution in [-0.2, 0) is 18.9 Å². The number of hydrogen-bond acceptors (Lipinski definition) is 8. The highest BCUT2D eigenvalue weighted by Gasteiger charge is 2.86. The third-order valence-corrected chi connectivity index (χ3v) is 12.3. The largest absolute Gasteiger partial charge is 0.458 e. The second-order valence-electron chi connectivity index (χ2n) is 13.3. The molecule has 6 unspecified atom stereocenters. The lowest BCUT2D eigenvalue weighted by atomic mass is 9.43. The minimum Gasteiger partial charge on any atom is -0.458 e. The van der Waals surface area contributed by atoms with Gasteiger partial charge < -0.3 is 29.2 Å². The van der Waals surface area contributed by atoms with Crippen molar-refractivity contribution in [2.45, 2.75) is 68.7 Å². The van der Waals surface area contributed by atoms with Crippen LogP contribution in [0.1, 0.15) is 43.0 Å². The number of methoxy groups -OCH3 is 3. The summed E-state index contributed by atoms with van der Waals surface area (Å²) in [6, 6.07) is 9.09. The van der Waals surface area contributed by atoms with E-state index < -0.39 is 23.2 Å². The molecule has 1 aromatic rings. The SMILES string of the molecule is CCN1C[C@]2(COC)CCC(O)[C@]34C1C(C(OC)[C@H]23)[C@@]1(O)CC(OC)[C@H]2C[C@@H]4[C@@H]1C2OC(=O)c1ccccc1. The number of hydrogen-bond donors (Lipinski definition) is 2. The Morgan fingerprint density at radius 1 is 1.10 bits per heavy atom. The molecule has 0 aromatic heterocycles. The minimum absolute atomic E-state index is 0.0104. The first-order valence-electron chi connectivity index (χ1n) is 14.8. The monoisotopic (exact) mass is 541 g/mol. The average Bonchev–Trinajstić information content (AvgIpc) is 3.38. The van der Waals surface area contributed by atoms with Crippen molar-refractivity contribution >= 4 is 5.97 Å². The second-order valence-corrected chi connectivity index (χ2v) is 13.3. The van der Waals surface area contributed by atoms with E-state index in [4.69, 9.17) is 18.9 Å². The first-order valence-corrected chi connectivity index (χ1v) is 14.8. The smallest absolute Gasteiger partial charge is 0.338 e. The summed E-state index contributed by atoms with van der Waals surface area (Å²) < 4.78 is 24.8. The maximum absolute atomic E-state index is 13.4. The highest BCUT2D eigenvalue weighted by molar-refractivity contribution is 5.89. The molecule has 7 bridgehead atoms. The number of fused-ring (bicyclic) bond motifs is 2. The van der Waals surface area contributed by atoms with Gasteiger partial charge in [0.15, 0.2) is 0 Å². The molecule has 13 atom stereocenters. The quantitative estimate of drug-likeness (QED) is 0.508. The number of aliphatic hydroxyl groups excluding tert-OH is 1. The fraction of sp³-hybridized carbons (Fsp3) is 0.774. The van der Waals surface area contributed by atoms with Crippen LogP contribution in [0.5, 0.6) is 0 Å². The predicted molar refractivity (Wildman–Crippen MR) is 142 cm³/mol.